The molecular formula is C16H15N3OS3. The lowest BCUT2D eigenvalue weighted by Gasteiger charge is -2.17. The first kappa shape index (κ1) is 16.2. The number of para-hydroxylation sites is 1. The van der Waals surface area contributed by atoms with E-state index in [2.05, 4.69) is 9.97 Å². The number of carbonyl (C=O) groups excluding carboxylic acids is 1. The first-order chi connectivity index (χ1) is 11.1. The van der Waals surface area contributed by atoms with Crippen molar-refractivity contribution in [3.05, 3.63) is 52.5 Å². The number of amides is 1. The molecule has 1 amide bonds. The summed E-state index contributed by atoms with van der Waals surface area (Å²) in [7, 11) is 0. The summed E-state index contributed by atoms with van der Waals surface area (Å²) in [6.45, 7) is 3.55. The van der Waals surface area contributed by atoms with E-state index >= 15 is 0 Å². The molecule has 0 unspecified atom stereocenters. The second-order valence-corrected chi connectivity index (χ2v) is 7.77. The Kier molecular flexibility index (Phi) is 5.09. The quantitative estimate of drug-likeness (QED) is 0.607. The zero-order valence-electron chi connectivity index (χ0n) is 12.7. The Morgan fingerprint density at radius 2 is 1.96 bits per heavy atom. The molecule has 0 spiro atoms. The molecular weight excluding hydrogens is 346 g/mol. The molecule has 0 N–H and O–H groups in total. The zero-order valence-corrected chi connectivity index (χ0v) is 15.2. The van der Waals surface area contributed by atoms with Crippen LogP contribution in [0.25, 0.3) is 0 Å². The Bertz CT molecular complexity index is 798. The molecule has 4 nitrogen and oxygen atoms in total. The highest BCUT2D eigenvalue weighted by molar-refractivity contribution is 8.00. The van der Waals surface area contributed by atoms with E-state index in [-0.39, 0.29) is 5.91 Å². The summed E-state index contributed by atoms with van der Waals surface area (Å²) < 4.78 is 1.04. The van der Waals surface area contributed by atoms with Crippen molar-refractivity contribution in [1.29, 1.82) is 0 Å². The highest BCUT2D eigenvalue weighted by atomic mass is 32.2. The van der Waals surface area contributed by atoms with Crippen LogP contribution in [0.3, 0.4) is 0 Å². The second-order valence-electron chi connectivity index (χ2n) is 4.85. The third-order valence-electron chi connectivity index (χ3n) is 3.00. The Hall–Kier alpha value is -1.70. The van der Waals surface area contributed by atoms with Crippen LogP contribution in [0.1, 0.15) is 18.3 Å². The van der Waals surface area contributed by atoms with Crippen LogP contribution in [0.5, 0.6) is 0 Å². The number of rotatable bonds is 5. The summed E-state index contributed by atoms with van der Waals surface area (Å²) in [4.78, 5) is 22.7. The van der Waals surface area contributed by atoms with Crippen LogP contribution in [-0.4, -0.2) is 15.9 Å². The Balaban J connectivity index is 1.75. The Morgan fingerprint density at radius 3 is 2.61 bits per heavy atom. The first-order valence-electron chi connectivity index (χ1n) is 6.98. The number of nitrogens with zero attached hydrogens (tertiary/aromatic N) is 3. The summed E-state index contributed by atoms with van der Waals surface area (Å²) >= 11 is 4.80. The fraction of sp³-hybridized carbons (Fsp3) is 0.188. The first-order valence-corrected chi connectivity index (χ1v) is 9.73. The van der Waals surface area contributed by atoms with E-state index in [0.29, 0.717) is 5.13 Å². The molecule has 7 heteroatoms. The lowest BCUT2D eigenvalue weighted by atomic mass is 10.3. The standard InChI is InChI=1S/C16H15N3OS3/c1-11-8-22-16(17-11)23-10-13-9-21-15(18-13)19(12(2)20)14-6-4-3-5-7-14/h3-9H,10H2,1-2H3. The molecule has 0 bridgehead atoms. The molecule has 1 aromatic carbocycles. The van der Waals surface area contributed by atoms with Crippen molar-refractivity contribution in [2.24, 2.45) is 0 Å². The van der Waals surface area contributed by atoms with Gasteiger partial charge in [-0.25, -0.2) is 9.97 Å². The van der Waals surface area contributed by atoms with Crippen molar-refractivity contribution < 1.29 is 4.79 Å². The topological polar surface area (TPSA) is 46.1 Å². The van der Waals surface area contributed by atoms with Gasteiger partial charge in [-0.2, -0.15) is 0 Å². The molecule has 0 atom stereocenters. The van der Waals surface area contributed by atoms with Crippen molar-refractivity contribution >= 4 is 51.2 Å². The van der Waals surface area contributed by atoms with Gasteiger partial charge in [0, 0.05) is 29.1 Å². The van der Waals surface area contributed by atoms with Gasteiger partial charge in [-0.05, 0) is 19.1 Å². The van der Waals surface area contributed by atoms with E-state index in [1.54, 1.807) is 34.9 Å². The number of hydrogen-bond donors (Lipinski definition) is 0. The van der Waals surface area contributed by atoms with Crippen LogP contribution in [0, 0.1) is 6.92 Å². The normalized spacial score (nSPS) is 10.7. The molecule has 118 valence electrons. The van der Waals surface area contributed by atoms with E-state index in [9.17, 15) is 4.79 Å². The lowest BCUT2D eigenvalue weighted by Crippen LogP contribution is -2.22. The lowest BCUT2D eigenvalue weighted by molar-refractivity contribution is -0.115. The van der Waals surface area contributed by atoms with Crippen molar-refractivity contribution in [3.8, 4) is 0 Å². The number of thiazole rings is 2. The smallest absolute Gasteiger partial charge is 0.230 e. The van der Waals surface area contributed by atoms with Gasteiger partial charge in [-0.3, -0.25) is 9.69 Å². The number of anilines is 2. The average Bonchev–Trinajstić information content (AvgIpc) is 3.15. The number of aromatic nitrogens is 2. The second kappa shape index (κ2) is 7.25. The molecule has 0 aliphatic rings. The maximum absolute atomic E-state index is 12.0. The largest absolute Gasteiger partial charge is 0.274 e. The minimum Gasteiger partial charge on any atom is -0.274 e. The predicted molar refractivity (Wildman–Crippen MR) is 97.8 cm³/mol. The number of benzene rings is 1. The molecule has 0 fully saturated rings. The van der Waals surface area contributed by atoms with Gasteiger partial charge in [-0.15, -0.1) is 22.7 Å². The SMILES string of the molecule is CC(=O)N(c1ccccc1)c1nc(CSc2nc(C)cs2)cs1. The van der Waals surface area contributed by atoms with Crippen LogP contribution >= 0.6 is 34.4 Å². The summed E-state index contributed by atoms with van der Waals surface area (Å²) in [5, 5.41) is 4.75. The maximum atomic E-state index is 12.0. The zero-order chi connectivity index (χ0) is 16.2. The monoisotopic (exact) mass is 361 g/mol. The Labute approximate surface area is 147 Å². The van der Waals surface area contributed by atoms with Crippen molar-refractivity contribution in [1.82, 2.24) is 9.97 Å². The maximum Gasteiger partial charge on any atom is 0.230 e. The molecule has 3 aromatic rings. The number of aryl methyl sites for hydroxylation is 1. The molecule has 0 saturated carbocycles. The third-order valence-corrected chi connectivity index (χ3v) is 6.05. The van der Waals surface area contributed by atoms with Crippen LogP contribution < -0.4 is 4.90 Å². The number of carbonyl (C=O) groups is 1. The minimum absolute atomic E-state index is 0.0414. The molecule has 23 heavy (non-hydrogen) atoms. The van der Waals surface area contributed by atoms with Gasteiger partial charge in [0.25, 0.3) is 0 Å². The van der Waals surface area contributed by atoms with Crippen molar-refractivity contribution in [2.45, 2.75) is 23.9 Å². The number of hydrogen-bond acceptors (Lipinski definition) is 6. The molecule has 2 heterocycles. The van der Waals surface area contributed by atoms with E-state index in [1.807, 2.05) is 48.0 Å². The van der Waals surface area contributed by atoms with Crippen molar-refractivity contribution in [3.63, 3.8) is 0 Å². The molecule has 0 radical (unpaired) electrons. The summed E-state index contributed by atoms with van der Waals surface area (Å²) in [6, 6.07) is 9.59. The number of thioether (sulfide) groups is 1. The average molecular weight is 362 g/mol. The fourth-order valence-corrected chi connectivity index (χ4v) is 4.74. The molecule has 0 aliphatic heterocycles. The minimum atomic E-state index is -0.0414. The van der Waals surface area contributed by atoms with Gasteiger partial charge in [0.1, 0.15) is 4.34 Å². The van der Waals surface area contributed by atoms with Gasteiger partial charge < -0.3 is 0 Å². The van der Waals surface area contributed by atoms with E-state index < -0.39 is 0 Å². The van der Waals surface area contributed by atoms with Crippen LogP contribution in [-0.2, 0) is 10.5 Å². The van der Waals surface area contributed by atoms with Gasteiger partial charge in [0.15, 0.2) is 5.13 Å². The molecule has 2 aromatic heterocycles. The van der Waals surface area contributed by atoms with E-state index in [4.69, 9.17) is 0 Å². The van der Waals surface area contributed by atoms with Gasteiger partial charge >= 0.3 is 0 Å². The highest BCUT2D eigenvalue weighted by Gasteiger charge is 2.17. The summed E-state index contributed by atoms with van der Waals surface area (Å²) in [5.74, 6) is 0.713. The summed E-state index contributed by atoms with van der Waals surface area (Å²) in [5.41, 5.74) is 2.84. The van der Waals surface area contributed by atoms with Crippen molar-refractivity contribution in [2.75, 3.05) is 4.90 Å². The van der Waals surface area contributed by atoms with Gasteiger partial charge in [-0.1, -0.05) is 30.0 Å². The summed E-state index contributed by atoms with van der Waals surface area (Å²) in [6.07, 6.45) is 0. The third kappa shape index (κ3) is 3.99. The van der Waals surface area contributed by atoms with E-state index in [0.717, 1.165) is 27.2 Å². The predicted octanol–water partition coefficient (Wildman–Crippen LogP) is 4.88. The molecule has 3 rings (SSSR count). The Morgan fingerprint density at radius 1 is 1.17 bits per heavy atom. The fourth-order valence-electron chi connectivity index (χ4n) is 2.00. The highest BCUT2D eigenvalue weighted by Crippen LogP contribution is 2.31. The van der Waals surface area contributed by atoms with Crippen LogP contribution in [0.15, 0.2) is 45.4 Å². The molecule has 0 saturated heterocycles. The van der Waals surface area contributed by atoms with Gasteiger partial charge in [0.2, 0.25) is 5.91 Å². The van der Waals surface area contributed by atoms with Gasteiger partial charge in [0.05, 0.1) is 11.4 Å². The van der Waals surface area contributed by atoms with E-state index in [1.165, 1.54) is 11.3 Å². The van der Waals surface area contributed by atoms with Crippen LogP contribution in [0.2, 0.25) is 0 Å². The molecule has 0 aliphatic carbocycles. The van der Waals surface area contributed by atoms with Crippen LogP contribution in [0.4, 0.5) is 10.8 Å².